The molecule has 2 saturated heterocycles. The van der Waals surface area contributed by atoms with E-state index in [1.165, 1.54) is 6.92 Å². The first-order chi connectivity index (χ1) is 10.3. The third-order valence-electron chi connectivity index (χ3n) is 3.79. The fourth-order valence-electron chi connectivity index (χ4n) is 2.70. The minimum atomic E-state index is -1.38. The van der Waals surface area contributed by atoms with Crippen LogP contribution in [0.25, 0.3) is 0 Å². The van der Waals surface area contributed by atoms with Crippen LogP contribution < -0.4 is 16.0 Å². The minimum Gasteiger partial charge on any atom is -0.394 e. The molecule has 10 nitrogen and oxygen atoms in total. The molecule has 0 saturated carbocycles. The third-order valence-corrected chi connectivity index (χ3v) is 3.79. The second-order valence-electron chi connectivity index (χ2n) is 5.33. The van der Waals surface area contributed by atoms with Crippen LogP contribution in [0.5, 0.6) is 0 Å². The Labute approximate surface area is 125 Å². The maximum absolute atomic E-state index is 11.9. The first-order valence-corrected chi connectivity index (χ1v) is 6.83. The lowest BCUT2D eigenvalue weighted by molar-refractivity contribution is -0.209. The summed E-state index contributed by atoms with van der Waals surface area (Å²) in [6.07, 6.45) is -4.89. The molecule has 0 aromatic heterocycles. The lowest BCUT2D eigenvalue weighted by Crippen LogP contribution is -2.68. The van der Waals surface area contributed by atoms with Crippen LogP contribution in [-0.4, -0.2) is 76.8 Å². The Bertz CT molecular complexity index is 472. The van der Waals surface area contributed by atoms with Crippen LogP contribution in [0, 0.1) is 5.92 Å². The van der Waals surface area contributed by atoms with Gasteiger partial charge in [-0.2, -0.15) is 0 Å². The number of amides is 4. The van der Waals surface area contributed by atoms with Crippen molar-refractivity contribution in [2.45, 2.75) is 37.4 Å². The molecule has 6 atom stereocenters. The summed E-state index contributed by atoms with van der Waals surface area (Å²) in [5.74, 6) is -2.03. The molecule has 2 aliphatic heterocycles. The maximum atomic E-state index is 11.9. The van der Waals surface area contributed by atoms with Gasteiger partial charge in [0.25, 0.3) is 0 Å². The molecule has 124 valence electrons. The molecule has 0 spiro atoms. The zero-order valence-electron chi connectivity index (χ0n) is 11.9. The quantitative estimate of drug-likeness (QED) is 0.314. The van der Waals surface area contributed by atoms with E-state index in [1.807, 2.05) is 0 Å². The molecule has 0 unspecified atom stereocenters. The molecule has 0 aromatic rings. The minimum absolute atomic E-state index is 0.0621. The molecular formula is C12H19N3O7. The fourth-order valence-corrected chi connectivity index (χ4v) is 2.70. The number of carbonyl (C=O) groups excluding carboxylic acids is 3. The number of urea groups is 1. The van der Waals surface area contributed by atoms with Gasteiger partial charge in [0, 0.05) is 13.5 Å². The van der Waals surface area contributed by atoms with Gasteiger partial charge in [-0.15, -0.1) is 0 Å². The van der Waals surface area contributed by atoms with Crippen LogP contribution in [0.2, 0.25) is 0 Å². The fraction of sp³-hybridized carbons (Fsp3) is 0.750. The molecule has 0 aromatic carbocycles. The summed E-state index contributed by atoms with van der Waals surface area (Å²) in [5.41, 5.74) is 0. The highest BCUT2D eigenvalue weighted by atomic mass is 16.5. The number of aliphatic hydroxyl groups excluding tert-OH is 3. The highest BCUT2D eigenvalue weighted by Crippen LogP contribution is 2.27. The number of imide groups is 1. The highest BCUT2D eigenvalue weighted by Gasteiger charge is 2.49. The molecule has 0 aliphatic carbocycles. The van der Waals surface area contributed by atoms with E-state index in [4.69, 9.17) is 4.74 Å². The van der Waals surface area contributed by atoms with Crippen molar-refractivity contribution in [3.63, 3.8) is 0 Å². The molecule has 10 heteroatoms. The Balaban J connectivity index is 2.20. The van der Waals surface area contributed by atoms with Crippen molar-refractivity contribution in [1.82, 2.24) is 16.0 Å². The van der Waals surface area contributed by atoms with Gasteiger partial charge < -0.3 is 30.7 Å². The topological polar surface area (TPSA) is 157 Å². The summed E-state index contributed by atoms with van der Waals surface area (Å²) >= 11 is 0. The van der Waals surface area contributed by atoms with Crippen molar-refractivity contribution in [3.05, 3.63) is 0 Å². The van der Waals surface area contributed by atoms with Gasteiger partial charge in [-0.3, -0.25) is 14.9 Å². The van der Waals surface area contributed by atoms with Crippen molar-refractivity contribution in [2.24, 2.45) is 5.92 Å². The SMILES string of the molecule is CC(=O)N[C@@H]1[C@H](O)[C@H]([C@@H]2CNC(=O)NC2=O)O[C@H](CO)[C@H]1O. The largest absolute Gasteiger partial charge is 0.394 e. The van der Waals surface area contributed by atoms with Crippen LogP contribution >= 0.6 is 0 Å². The van der Waals surface area contributed by atoms with E-state index in [0.717, 1.165) is 0 Å². The lowest BCUT2D eigenvalue weighted by Gasteiger charge is -2.45. The van der Waals surface area contributed by atoms with Gasteiger partial charge in [0.05, 0.1) is 24.7 Å². The number of rotatable bonds is 3. The molecular weight excluding hydrogens is 298 g/mol. The van der Waals surface area contributed by atoms with Crippen LogP contribution in [0.3, 0.4) is 0 Å². The van der Waals surface area contributed by atoms with Gasteiger partial charge in [-0.1, -0.05) is 0 Å². The monoisotopic (exact) mass is 317 g/mol. The predicted molar refractivity (Wildman–Crippen MR) is 70.4 cm³/mol. The number of ether oxygens (including phenoxy) is 1. The molecule has 2 heterocycles. The van der Waals surface area contributed by atoms with E-state index in [-0.39, 0.29) is 6.54 Å². The second kappa shape index (κ2) is 6.57. The van der Waals surface area contributed by atoms with Crippen molar-refractivity contribution < 1.29 is 34.4 Å². The number of hydrogen-bond donors (Lipinski definition) is 6. The lowest BCUT2D eigenvalue weighted by atomic mass is 9.85. The highest BCUT2D eigenvalue weighted by molar-refractivity contribution is 5.98. The summed E-state index contributed by atoms with van der Waals surface area (Å²) < 4.78 is 5.40. The zero-order chi connectivity index (χ0) is 16.4. The summed E-state index contributed by atoms with van der Waals surface area (Å²) in [5, 5.41) is 36.5. The second-order valence-corrected chi connectivity index (χ2v) is 5.33. The Morgan fingerprint density at radius 3 is 2.59 bits per heavy atom. The van der Waals surface area contributed by atoms with Crippen LogP contribution in [0.15, 0.2) is 0 Å². The summed E-state index contributed by atoms with van der Waals surface area (Å²) in [6.45, 7) is 0.597. The Kier molecular flexibility index (Phi) is 4.96. The van der Waals surface area contributed by atoms with E-state index in [2.05, 4.69) is 16.0 Å². The van der Waals surface area contributed by atoms with Crippen LogP contribution in [0.1, 0.15) is 6.92 Å². The van der Waals surface area contributed by atoms with Crippen molar-refractivity contribution in [2.75, 3.05) is 13.2 Å². The number of hydrogen-bond acceptors (Lipinski definition) is 7. The Morgan fingerprint density at radius 2 is 2.05 bits per heavy atom. The zero-order valence-corrected chi connectivity index (χ0v) is 11.9. The van der Waals surface area contributed by atoms with Gasteiger partial charge in [-0.05, 0) is 0 Å². The summed E-state index contributed by atoms with van der Waals surface area (Å²) in [6, 6.07) is -1.75. The predicted octanol–water partition coefficient (Wildman–Crippen LogP) is -3.57. The van der Waals surface area contributed by atoms with Gasteiger partial charge in [0.1, 0.15) is 18.3 Å². The van der Waals surface area contributed by atoms with E-state index >= 15 is 0 Å². The smallest absolute Gasteiger partial charge is 0.321 e. The third kappa shape index (κ3) is 3.19. The molecule has 0 radical (unpaired) electrons. The van der Waals surface area contributed by atoms with Gasteiger partial charge in [-0.25, -0.2) is 4.79 Å². The van der Waals surface area contributed by atoms with E-state index in [0.29, 0.717) is 0 Å². The molecule has 2 rings (SSSR count). The standard InChI is InChI=1S/C12H19N3O7/c1-4(17)14-7-8(18)6(3-16)22-10(9(7)19)5-2-13-12(21)15-11(5)20/h5-10,16,18-19H,2-3H2,1H3,(H,14,17)(H2,13,15,20,21)/t5-,6+,7-,8+,9-,10-/m0/s1. The molecule has 6 N–H and O–H groups in total. The Hall–Kier alpha value is -1.75. The average molecular weight is 317 g/mol. The van der Waals surface area contributed by atoms with Crippen molar-refractivity contribution in [3.8, 4) is 0 Å². The number of carbonyl (C=O) groups is 3. The maximum Gasteiger partial charge on any atom is 0.321 e. The van der Waals surface area contributed by atoms with E-state index in [1.54, 1.807) is 0 Å². The average Bonchev–Trinajstić information content (AvgIpc) is 2.44. The van der Waals surface area contributed by atoms with Crippen LogP contribution in [-0.2, 0) is 14.3 Å². The normalized spacial score (nSPS) is 38.9. The molecule has 2 fully saturated rings. The molecule has 2 aliphatic rings. The Morgan fingerprint density at radius 1 is 1.36 bits per heavy atom. The summed E-state index contributed by atoms with van der Waals surface area (Å²) in [7, 11) is 0. The first kappa shape index (κ1) is 16.6. The number of nitrogens with one attached hydrogen (secondary N) is 3. The van der Waals surface area contributed by atoms with Crippen molar-refractivity contribution in [1.29, 1.82) is 0 Å². The van der Waals surface area contributed by atoms with Gasteiger partial charge in [0.2, 0.25) is 11.8 Å². The first-order valence-electron chi connectivity index (χ1n) is 6.83. The van der Waals surface area contributed by atoms with E-state index in [9.17, 15) is 29.7 Å². The van der Waals surface area contributed by atoms with E-state index < -0.39 is 60.8 Å². The van der Waals surface area contributed by atoms with Gasteiger partial charge in [0.15, 0.2) is 0 Å². The molecule has 0 bridgehead atoms. The summed E-state index contributed by atoms with van der Waals surface area (Å²) in [4.78, 5) is 34.2. The number of aliphatic hydroxyl groups is 3. The molecule has 4 amide bonds. The van der Waals surface area contributed by atoms with Crippen LogP contribution in [0.4, 0.5) is 4.79 Å². The van der Waals surface area contributed by atoms with Crippen molar-refractivity contribution >= 4 is 17.8 Å². The van der Waals surface area contributed by atoms with Gasteiger partial charge >= 0.3 is 6.03 Å². The molecule has 22 heavy (non-hydrogen) atoms.